The average Bonchev–Trinajstić information content (AvgIpc) is 2.62. The van der Waals surface area contributed by atoms with Gasteiger partial charge in [0.1, 0.15) is 0 Å². The van der Waals surface area contributed by atoms with E-state index < -0.39 is 0 Å². The number of rotatable bonds is 4. The van der Waals surface area contributed by atoms with Gasteiger partial charge in [-0.15, -0.1) is 0 Å². The quantitative estimate of drug-likeness (QED) is 0.259. The first-order valence-corrected chi connectivity index (χ1v) is 10.5. The van der Waals surface area contributed by atoms with Crippen LogP contribution in [0, 0.1) is 11.3 Å². The van der Waals surface area contributed by atoms with Gasteiger partial charge in [0.25, 0.3) is 0 Å². The lowest BCUT2D eigenvalue weighted by Crippen LogP contribution is -2.04. The second kappa shape index (κ2) is 17.7. The van der Waals surface area contributed by atoms with Crippen LogP contribution in [0.4, 0.5) is 0 Å². The van der Waals surface area contributed by atoms with Gasteiger partial charge in [-0.2, -0.15) is 0 Å². The van der Waals surface area contributed by atoms with Crippen LogP contribution in [-0.4, -0.2) is 32.1 Å². The Morgan fingerprint density at radius 1 is 1.03 bits per heavy atom. The summed E-state index contributed by atoms with van der Waals surface area (Å²) >= 11 is 0. The number of aliphatic hydroxyl groups is 3. The Bertz CT molecular complexity index is 592. The fourth-order valence-corrected chi connectivity index (χ4v) is 1.64. The summed E-state index contributed by atoms with van der Waals surface area (Å²) < 4.78 is 0. The molecule has 0 aliphatic heterocycles. The molecule has 176 valence electrons. The first kappa shape index (κ1) is 32.5. The number of hydrogen-bond acceptors (Lipinski definition) is 5. The SMILES string of the molecule is C/C(O)=C\CO.C=C(C)O.CCC(C)(C)C.CCC(C)C(C)c1ccc(O)c(O)c1. The molecular weight excluding hydrogens is 380 g/mol. The molecule has 30 heavy (non-hydrogen) atoms. The van der Waals surface area contributed by atoms with Gasteiger partial charge < -0.3 is 25.5 Å². The Kier molecular flexibility index (Phi) is 19.2. The highest BCUT2D eigenvalue weighted by Gasteiger charge is 2.13. The van der Waals surface area contributed by atoms with Crippen molar-refractivity contribution in [1.82, 2.24) is 0 Å². The molecule has 0 spiro atoms. The molecule has 0 aliphatic rings. The third kappa shape index (κ3) is 22.2. The van der Waals surface area contributed by atoms with Crippen molar-refractivity contribution in [2.75, 3.05) is 6.61 Å². The molecule has 5 heteroatoms. The maximum absolute atomic E-state index is 9.35. The highest BCUT2D eigenvalue weighted by Crippen LogP contribution is 2.32. The Balaban J connectivity index is -0.000000380. The van der Waals surface area contributed by atoms with Crippen molar-refractivity contribution in [3.8, 4) is 11.5 Å². The summed E-state index contributed by atoms with van der Waals surface area (Å²) in [6.07, 6.45) is 3.70. The topological polar surface area (TPSA) is 101 Å². The molecule has 0 saturated heterocycles. The van der Waals surface area contributed by atoms with Crippen LogP contribution in [0.2, 0.25) is 0 Å². The van der Waals surface area contributed by atoms with E-state index in [2.05, 4.69) is 55.0 Å². The summed E-state index contributed by atoms with van der Waals surface area (Å²) in [6, 6.07) is 5.06. The second-order valence-electron chi connectivity index (χ2n) is 8.60. The molecule has 0 heterocycles. The van der Waals surface area contributed by atoms with Crippen LogP contribution in [0.5, 0.6) is 11.5 Å². The van der Waals surface area contributed by atoms with E-state index >= 15 is 0 Å². The Labute approximate surface area is 184 Å². The summed E-state index contributed by atoms with van der Waals surface area (Å²) in [5.74, 6) is 1.24. The molecule has 0 amide bonds. The van der Waals surface area contributed by atoms with Crippen LogP contribution in [0.15, 0.2) is 42.4 Å². The first-order chi connectivity index (χ1) is 13.6. The molecule has 0 aliphatic carbocycles. The average molecular weight is 427 g/mol. The Hall–Kier alpha value is -2.14. The molecule has 0 aromatic heterocycles. The predicted octanol–water partition coefficient (Wildman–Crippen LogP) is 7.21. The number of hydrogen-bond donors (Lipinski definition) is 5. The lowest BCUT2D eigenvalue weighted by atomic mass is 9.87. The molecule has 2 atom stereocenters. The van der Waals surface area contributed by atoms with E-state index in [9.17, 15) is 10.2 Å². The van der Waals surface area contributed by atoms with E-state index in [0.717, 1.165) is 12.0 Å². The minimum atomic E-state index is -0.0810. The number of benzene rings is 1. The van der Waals surface area contributed by atoms with E-state index in [1.807, 2.05) is 6.07 Å². The van der Waals surface area contributed by atoms with E-state index in [0.29, 0.717) is 17.3 Å². The third-order valence-electron chi connectivity index (χ3n) is 4.47. The van der Waals surface area contributed by atoms with E-state index in [4.69, 9.17) is 15.3 Å². The number of phenolic OH excluding ortho intramolecular Hbond substituents is 2. The van der Waals surface area contributed by atoms with Gasteiger partial charge >= 0.3 is 0 Å². The molecule has 0 saturated carbocycles. The van der Waals surface area contributed by atoms with E-state index in [1.54, 1.807) is 12.1 Å². The fraction of sp³-hybridized carbons (Fsp3) is 0.600. The fourth-order valence-electron chi connectivity index (χ4n) is 1.64. The maximum atomic E-state index is 9.35. The van der Waals surface area contributed by atoms with Gasteiger partial charge in [-0.1, -0.05) is 74.0 Å². The van der Waals surface area contributed by atoms with Crippen molar-refractivity contribution in [2.24, 2.45) is 11.3 Å². The van der Waals surface area contributed by atoms with E-state index in [1.165, 1.54) is 26.3 Å². The molecule has 1 aromatic carbocycles. The Morgan fingerprint density at radius 2 is 1.47 bits per heavy atom. The molecule has 1 aromatic rings. The van der Waals surface area contributed by atoms with Gasteiger partial charge in [0, 0.05) is 0 Å². The van der Waals surface area contributed by atoms with Crippen LogP contribution in [0.1, 0.15) is 86.6 Å². The molecule has 2 unspecified atom stereocenters. The molecular formula is C25H46O5. The summed E-state index contributed by atoms with van der Waals surface area (Å²) in [5.41, 5.74) is 1.62. The predicted molar refractivity (Wildman–Crippen MR) is 128 cm³/mol. The van der Waals surface area contributed by atoms with Crippen molar-refractivity contribution >= 4 is 0 Å². The summed E-state index contributed by atoms with van der Waals surface area (Å²) in [6.45, 7) is 21.5. The lowest BCUT2D eigenvalue weighted by Gasteiger charge is -2.18. The van der Waals surface area contributed by atoms with Crippen molar-refractivity contribution in [2.45, 2.75) is 81.1 Å². The summed E-state index contributed by atoms with van der Waals surface area (Å²) in [4.78, 5) is 0. The molecule has 5 nitrogen and oxygen atoms in total. The number of allylic oxidation sites excluding steroid dienone is 2. The van der Waals surface area contributed by atoms with E-state index in [-0.39, 0.29) is 29.6 Å². The smallest absolute Gasteiger partial charge is 0.157 e. The van der Waals surface area contributed by atoms with Gasteiger partial charge in [0.15, 0.2) is 11.5 Å². The highest BCUT2D eigenvalue weighted by molar-refractivity contribution is 5.41. The largest absolute Gasteiger partial charge is 0.513 e. The minimum absolute atomic E-state index is 0.0300. The number of aromatic hydroxyl groups is 2. The maximum Gasteiger partial charge on any atom is 0.157 e. The van der Waals surface area contributed by atoms with Gasteiger partial charge in [-0.3, -0.25) is 0 Å². The molecule has 0 radical (unpaired) electrons. The number of phenols is 2. The van der Waals surface area contributed by atoms with Crippen molar-refractivity contribution in [3.05, 3.63) is 47.9 Å². The third-order valence-corrected chi connectivity index (χ3v) is 4.47. The lowest BCUT2D eigenvalue weighted by molar-refractivity contribution is 0.329. The normalized spacial score (nSPS) is 12.7. The molecule has 1 rings (SSSR count). The monoisotopic (exact) mass is 426 g/mol. The van der Waals surface area contributed by atoms with Gasteiger partial charge in [-0.05, 0) is 54.9 Å². The standard InChI is InChI=1S/C12H18O2.C6H14.C4H8O2.C3H6O/c1-4-8(2)9(3)10-5-6-11(13)12(14)7-10;1-5-6(2,3)4;1-4(6)2-3-5;1-3(2)4/h5-9,13-14H,4H2,1-3H3;5H2,1-4H3;2,5-6H,3H2,1H3;4H,1H2,2H3/b;;4-2+;. The molecule has 5 N–H and O–H groups in total. The first-order valence-electron chi connectivity index (χ1n) is 10.5. The van der Waals surface area contributed by atoms with Gasteiger partial charge in [0.05, 0.1) is 18.1 Å². The minimum Gasteiger partial charge on any atom is -0.513 e. The summed E-state index contributed by atoms with van der Waals surface area (Å²) in [5, 5.41) is 42.6. The van der Waals surface area contributed by atoms with Crippen LogP contribution in [0.3, 0.4) is 0 Å². The van der Waals surface area contributed by atoms with Crippen molar-refractivity contribution in [1.29, 1.82) is 0 Å². The van der Waals surface area contributed by atoms with Crippen LogP contribution < -0.4 is 0 Å². The Morgan fingerprint density at radius 3 is 1.70 bits per heavy atom. The van der Waals surface area contributed by atoms with Crippen LogP contribution in [0.25, 0.3) is 0 Å². The highest BCUT2D eigenvalue weighted by atomic mass is 16.3. The zero-order valence-electron chi connectivity index (χ0n) is 20.5. The van der Waals surface area contributed by atoms with Gasteiger partial charge in [-0.25, -0.2) is 0 Å². The van der Waals surface area contributed by atoms with Crippen LogP contribution >= 0.6 is 0 Å². The zero-order valence-corrected chi connectivity index (χ0v) is 20.5. The van der Waals surface area contributed by atoms with Crippen molar-refractivity contribution < 1.29 is 25.5 Å². The van der Waals surface area contributed by atoms with Gasteiger partial charge in [0.2, 0.25) is 0 Å². The second-order valence-corrected chi connectivity index (χ2v) is 8.60. The molecule has 0 bridgehead atoms. The van der Waals surface area contributed by atoms with Crippen molar-refractivity contribution in [3.63, 3.8) is 0 Å². The molecule has 0 fully saturated rings. The van der Waals surface area contributed by atoms with Crippen LogP contribution in [-0.2, 0) is 0 Å². The number of aliphatic hydroxyl groups excluding tert-OH is 3. The zero-order chi connectivity index (χ0) is 24.5. The summed E-state index contributed by atoms with van der Waals surface area (Å²) in [7, 11) is 0.